The predicted molar refractivity (Wildman–Crippen MR) is 97.0 cm³/mol. The van der Waals surface area contributed by atoms with Crippen LogP contribution in [0.3, 0.4) is 0 Å². The molecule has 1 amide bonds. The van der Waals surface area contributed by atoms with Gasteiger partial charge in [-0.05, 0) is 25.8 Å². The standard InChI is InChI=1S/C17H25N3O3S/c1-5-7-8-19(4)17(22)14-12(3)13-15(24-14)18-11-20(16(13)21)9-10-23-6-2/h11H,5-10H2,1-4H3. The first-order valence-electron chi connectivity index (χ1n) is 8.32. The van der Waals surface area contributed by atoms with Crippen molar-refractivity contribution in [1.82, 2.24) is 14.5 Å². The summed E-state index contributed by atoms with van der Waals surface area (Å²) >= 11 is 1.30. The van der Waals surface area contributed by atoms with Gasteiger partial charge in [-0.15, -0.1) is 11.3 Å². The van der Waals surface area contributed by atoms with E-state index in [1.807, 2.05) is 13.8 Å². The number of amides is 1. The van der Waals surface area contributed by atoms with Gasteiger partial charge in [0, 0.05) is 20.2 Å². The van der Waals surface area contributed by atoms with Crippen LogP contribution in [0.5, 0.6) is 0 Å². The zero-order chi connectivity index (χ0) is 17.7. The molecule has 24 heavy (non-hydrogen) atoms. The number of nitrogens with zero attached hydrogens (tertiary/aromatic N) is 3. The number of aryl methyl sites for hydroxylation is 1. The minimum Gasteiger partial charge on any atom is -0.380 e. The summed E-state index contributed by atoms with van der Waals surface area (Å²) in [6.07, 6.45) is 3.54. The van der Waals surface area contributed by atoms with Crippen LogP contribution in [0.1, 0.15) is 41.9 Å². The highest BCUT2D eigenvalue weighted by Crippen LogP contribution is 2.27. The third-order valence-electron chi connectivity index (χ3n) is 3.99. The van der Waals surface area contributed by atoms with Gasteiger partial charge in [-0.25, -0.2) is 4.98 Å². The van der Waals surface area contributed by atoms with Crippen LogP contribution in [-0.4, -0.2) is 47.2 Å². The molecular formula is C17H25N3O3S. The Hall–Kier alpha value is -1.73. The van der Waals surface area contributed by atoms with E-state index in [9.17, 15) is 9.59 Å². The molecule has 0 fully saturated rings. The Morgan fingerprint density at radius 3 is 2.83 bits per heavy atom. The van der Waals surface area contributed by atoms with Crippen molar-refractivity contribution in [3.8, 4) is 0 Å². The van der Waals surface area contributed by atoms with E-state index < -0.39 is 0 Å². The second-order valence-electron chi connectivity index (χ2n) is 5.76. The molecule has 0 radical (unpaired) electrons. The smallest absolute Gasteiger partial charge is 0.264 e. The lowest BCUT2D eigenvalue weighted by Crippen LogP contribution is -2.27. The number of ether oxygens (including phenoxy) is 1. The molecule has 0 aliphatic rings. The summed E-state index contributed by atoms with van der Waals surface area (Å²) in [6, 6.07) is 0. The SMILES string of the molecule is CCCCN(C)C(=O)c1sc2ncn(CCOCC)c(=O)c2c1C. The molecule has 0 unspecified atom stereocenters. The van der Waals surface area contributed by atoms with Gasteiger partial charge in [0.25, 0.3) is 11.5 Å². The van der Waals surface area contributed by atoms with Gasteiger partial charge < -0.3 is 9.64 Å². The first-order chi connectivity index (χ1) is 11.5. The van der Waals surface area contributed by atoms with Crippen LogP contribution in [0.4, 0.5) is 0 Å². The maximum Gasteiger partial charge on any atom is 0.264 e. The van der Waals surface area contributed by atoms with Crippen molar-refractivity contribution in [2.45, 2.75) is 40.2 Å². The van der Waals surface area contributed by atoms with Crippen molar-refractivity contribution in [3.63, 3.8) is 0 Å². The van der Waals surface area contributed by atoms with Gasteiger partial charge in [-0.3, -0.25) is 14.2 Å². The van der Waals surface area contributed by atoms with Gasteiger partial charge in [0.05, 0.1) is 29.7 Å². The van der Waals surface area contributed by atoms with Gasteiger partial charge in [0.15, 0.2) is 0 Å². The third-order valence-corrected chi connectivity index (χ3v) is 5.17. The van der Waals surface area contributed by atoms with E-state index in [0.29, 0.717) is 34.9 Å². The van der Waals surface area contributed by atoms with Gasteiger partial charge in [-0.2, -0.15) is 0 Å². The Labute approximate surface area is 146 Å². The van der Waals surface area contributed by atoms with Crippen LogP contribution >= 0.6 is 11.3 Å². The van der Waals surface area contributed by atoms with E-state index in [2.05, 4.69) is 11.9 Å². The molecule has 2 heterocycles. The quantitative estimate of drug-likeness (QED) is 0.686. The first-order valence-corrected chi connectivity index (χ1v) is 9.14. The fourth-order valence-corrected chi connectivity index (χ4v) is 3.63. The number of carbonyl (C=O) groups is 1. The van der Waals surface area contributed by atoms with E-state index in [-0.39, 0.29) is 11.5 Å². The molecule has 2 aromatic heterocycles. The Kier molecular flexibility index (Phi) is 6.51. The maximum atomic E-state index is 12.7. The van der Waals surface area contributed by atoms with Crippen LogP contribution < -0.4 is 5.56 Å². The van der Waals surface area contributed by atoms with E-state index >= 15 is 0 Å². The molecule has 2 aromatic rings. The second kappa shape index (κ2) is 8.39. The third kappa shape index (κ3) is 3.84. The molecule has 6 nitrogen and oxygen atoms in total. The topological polar surface area (TPSA) is 64.4 Å². The summed E-state index contributed by atoms with van der Waals surface area (Å²) in [5.74, 6) is -0.0378. The number of hydrogen-bond donors (Lipinski definition) is 0. The Bertz CT molecular complexity index is 766. The lowest BCUT2D eigenvalue weighted by molar-refractivity contribution is 0.0797. The highest BCUT2D eigenvalue weighted by Gasteiger charge is 2.21. The summed E-state index contributed by atoms with van der Waals surface area (Å²) in [6.45, 7) is 8.11. The van der Waals surface area contributed by atoms with Gasteiger partial charge in [0.1, 0.15) is 4.83 Å². The first kappa shape index (κ1) is 18.6. The summed E-state index contributed by atoms with van der Waals surface area (Å²) in [5, 5.41) is 0.547. The number of unbranched alkanes of at least 4 members (excludes halogenated alkanes) is 1. The largest absolute Gasteiger partial charge is 0.380 e. The zero-order valence-electron chi connectivity index (χ0n) is 14.8. The number of aromatic nitrogens is 2. The van der Waals surface area contributed by atoms with E-state index in [1.54, 1.807) is 16.5 Å². The molecule has 0 aliphatic carbocycles. The average Bonchev–Trinajstić information content (AvgIpc) is 2.91. The fourth-order valence-electron chi connectivity index (χ4n) is 2.50. The number of rotatable bonds is 8. The molecule has 0 saturated heterocycles. The minimum absolute atomic E-state index is 0.0378. The van der Waals surface area contributed by atoms with Crippen molar-refractivity contribution < 1.29 is 9.53 Å². The molecule has 0 spiro atoms. The number of carbonyl (C=O) groups excluding carboxylic acids is 1. The molecule has 2 rings (SSSR count). The highest BCUT2D eigenvalue weighted by atomic mass is 32.1. The van der Waals surface area contributed by atoms with Crippen molar-refractivity contribution in [2.75, 3.05) is 26.8 Å². The van der Waals surface area contributed by atoms with Gasteiger partial charge >= 0.3 is 0 Å². The molecule has 0 aromatic carbocycles. The maximum absolute atomic E-state index is 12.7. The summed E-state index contributed by atoms with van der Waals surface area (Å²) in [4.78, 5) is 32.6. The monoisotopic (exact) mass is 351 g/mol. The molecule has 7 heteroatoms. The van der Waals surface area contributed by atoms with Crippen LogP contribution in [-0.2, 0) is 11.3 Å². The van der Waals surface area contributed by atoms with Gasteiger partial charge in [0.2, 0.25) is 0 Å². The average molecular weight is 351 g/mol. The number of hydrogen-bond acceptors (Lipinski definition) is 5. The Balaban J connectivity index is 2.34. The van der Waals surface area contributed by atoms with Crippen LogP contribution in [0, 0.1) is 6.92 Å². The lowest BCUT2D eigenvalue weighted by atomic mass is 10.2. The van der Waals surface area contributed by atoms with E-state index in [4.69, 9.17) is 4.74 Å². The summed E-state index contributed by atoms with van der Waals surface area (Å²) < 4.78 is 6.85. The molecule has 0 atom stereocenters. The van der Waals surface area contributed by atoms with Crippen molar-refractivity contribution in [2.24, 2.45) is 0 Å². The van der Waals surface area contributed by atoms with Gasteiger partial charge in [-0.1, -0.05) is 13.3 Å². The highest BCUT2D eigenvalue weighted by molar-refractivity contribution is 7.20. The Morgan fingerprint density at radius 1 is 1.42 bits per heavy atom. The van der Waals surface area contributed by atoms with Crippen molar-refractivity contribution in [3.05, 3.63) is 27.1 Å². The minimum atomic E-state index is -0.108. The second-order valence-corrected chi connectivity index (χ2v) is 6.76. The van der Waals surface area contributed by atoms with Crippen LogP contribution in [0.15, 0.2) is 11.1 Å². The summed E-state index contributed by atoms with van der Waals surface area (Å²) in [5.41, 5.74) is 0.621. The van der Waals surface area contributed by atoms with Crippen molar-refractivity contribution >= 4 is 27.5 Å². The van der Waals surface area contributed by atoms with E-state index in [0.717, 1.165) is 24.9 Å². The molecule has 0 N–H and O–H groups in total. The molecular weight excluding hydrogens is 326 g/mol. The lowest BCUT2D eigenvalue weighted by Gasteiger charge is -2.16. The summed E-state index contributed by atoms with van der Waals surface area (Å²) in [7, 11) is 1.80. The van der Waals surface area contributed by atoms with E-state index in [1.165, 1.54) is 17.7 Å². The zero-order valence-corrected chi connectivity index (χ0v) is 15.6. The normalized spacial score (nSPS) is 11.2. The molecule has 0 saturated carbocycles. The molecule has 132 valence electrons. The van der Waals surface area contributed by atoms with Crippen LogP contribution in [0.25, 0.3) is 10.2 Å². The molecule has 0 bridgehead atoms. The van der Waals surface area contributed by atoms with Crippen LogP contribution in [0.2, 0.25) is 0 Å². The Morgan fingerprint density at radius 2 is 2.17 bits per heavy atom. The van der Waals surface area contributed by atoms with Crippen molar-refractivity contribution in [1.29, 1.82) is 0 Å². The fraction of sp³-hybridized carbons (Fsp3) is 0.588. The number of thiophene rings is 1. The number of fused-ring (bicyclic) bond motifs is 1. The molecule has 0 aliphatic heterocycles. The predicted octanol–water partition coefficient (Wildman–Crippen LogP) is 2.68.